The van der Waals surface area contributed by atoms with Crippen molar-refractivity contribution in [3.8, 4) is 5.75 Å². The molecule has 0 saturated carbocycles. The van der Waals surface area contributed by atoms with Crippen molar-refractivity contribution in [3.05, 3.63) is 58.6 Å². The molecule has 0 aliphatic heterocycles. The van der Waals surface area contributed by atoms with Gasteiger partial charge in [0.1, 0.15) is 5.75 Å². The quantitative estimate of drug-likeness (QED) is 0.925. The van der Waals surface area contributed by atoms with Gasteiger partial charge in [0.25, 0.3) is 5.91 Å². The third kappa shape index (κ3) is 3.75. The number of benzene rings is 2. The Morgan fingerprint density at radius 3 is 2.65 bits per heavy atom. The largest absolute Gasteiger partial charge is 0.483 e. The molecule has 104 valence electrons. The van der Waals surface area contributed by atoms with Crippen molar-refractivity contribution in [1.82, 2.24) is 0 Å². The number of aryl methyl sites for hydroxylation is 2. The van der Waals surface area contributed by atoms with Crippen molar-refractivity contribution in [3.63, 3.8) is 0 Å². The summed E-state index contributed by atoms with van der Waals surface area (Å²) in [6, 6.07) is 12.9. The zero-order valence-corrected chi connectivity index (χ0v) is 12.2. The second kappa shape index (κ2) is 6.44. The van der Waals surface area contributed by atoms with Gasteiger partial charge < -0.3 is 10.1 Å². The van der Waals surface area contributed by atoms with Crippen molar-refractivity contribution < 1.29 is 9.53 Å². The number of nitrogens with one attached hydrogen (secondary N) is 1. The summed E-state index contributed by atoms with van der Waals surface area (Å²) >= 11 is 5.97. The predicted molar refractivity (Wildman–Crippen MR) is 81.5 cm³/mol. The van der Waals surface area contributed by atoms with Gasteiger partial charge in [-0.05, 0) is 37.6 Å². The number of ether oxygens (including phenoxy) is 1. The maximum Gasteiger partial charge on any atom is 0.262 e. The second-order valence-electron chi connectivity index (χ2n) is 4.59. The highest BCUT2D eigenvalue weighted by Crippen LogP contribution is 2.21. The Bertz CT molecular complexity index is 626. The van der Waals surface area contributed by atoms with Crippen LogP contribution in [-0.4, -0.2) is 12.5 Å². The van der Waals surface area contributed by atoms with E-state index in [1.807, 2.05) is 44.2 Å². The molecule has 0 fully saturated rings. The van der Waals surface area contributed by atoms with Gasteiger partial charge in [-0.3, -0.25) is 4.79 Å². The van der Waals surface area contributed by atoms with Crippen molar-refractivity contribution >= 4 is 23.2 Å². The first kappa shape index (κ1) is 14.4. The number of carbonyl (C=O) groups is 1. The molecule has 0 aromatic heterocycles. The van der Waals surface area contributed by atoms with Gasteiger partial charge in [-0.15, -0.1) is 0 Å². The molecule has 0 bridgehead atoms. The molecule has 3 nitrogen and oxygen atoms in total. The maximum atomic E-state index is 11.8. The molecule has 1 amide bonds. The van der Waals surface area contributed by atoms with Gasteiger partial charge >= 0.3 is 0 Å². The van der Waals surface area contributed by atoms with E-state index in [9.17, 15) is 4.79 Å². The molecule has 2 aromatic rings. The van der Waals surface area contributed by atoms with Crippen molar-refractivity contribution in [2.45, 2.75) is 13.8 Å². The number of amides is 1. The molecule has 2 aromatic carbocycles. The molecule has 2 rings (SSSR count). The fourth-order valence-corrected chi connectivity index (χ4v) is 2.04. The summed E-state index contributed by atoms with van der Waals surface area (Å²) in [5, 5.41) is 3.22. The van der Waals surface area contributed by atoms with Crippen LogP contribution >= 0.6 is 11.6 Å². The van der Waals surface area contributed by atoms with Crippen molar-refractivity contribution in [2.75, 3.05) is 11.9 Å². The summed E-state index contributed by atoms with van der Waals surface area (Å²) in [7, 11) is 0. The third-order valence-electron chi connectivity index (χ3n) is 2.84. The van der Waals surface area contributed by atoms with E-state index in [1.165, 1.54) is 0 Å². The van der Waals surface area contributed by atoms with Crippen LogP contribution in [0.5, 0.6) is 5.75 Å². The Kier molecular flexibility index (Phi) is 4.64. The van der Waals surface area contributed by atoms with Crippen molar-refractivity contribution in [1.29, 1.82) is 0 Å². The SMILES string of the molecule is Cc1ccc(OCC(=O)Nc2ccccc2Cl)c(C)c1. The lowest BCUT2D eigenvalue weighted by Gasteiger charge is -2.10. The summed E-state index contributed by atoms with van der Waals surface area (Å²) < 4.78 is 5.51. The fraction of sp³-hybridized carbons (Fsp3) is 0.188. The van der Waals surface area contributed by atoms with Gasteiger partial charge in [0.05, 0.1) is 10.7 Å². The summed E-state index contributed by atoms with van der Waals surface area (Å²) in [4.78, 5) is 11.8. The predicted octanol–water partition coefficient (Wildman–Crippen LogP) is 3.97. The number of carbonyl (C=O) groups excluding carboxylic acids is 1. The Hall–Kier alpha value is -2.00. The minimum atomic E-state index is -0.238. The second-order valence-corrected chi connectivity index (χ2v) is 4.99. The van der Waals surface area contributed by atoms with E-state index in [0.29, 0.717) is 16.5 Å². The Labute approximate surface area is 123 Å². The van der Waals surface area contributed by atoms with Crippen LogP contribution in [0, 0.1) is 13.8 Å². The molecule has 4 heteroatoms. The first-order valence-corrected chi connectivity index (χ1v) is 6.68. The monoisotopic (exact) mass is 289 g/mol. The highest BCUT2D eigenvalue weighted by Gasteiger charge is 2.07. The zero-order chi connectivity index (χ0) is 14.5. The molecule has 0 radical (unpaired) electrons. The zero-order valence-electron chi connectivity index (χ0n) is 11.4. The van der Waals surface area contributed by atoms with Crippen LogP contribution in [0.15, 0.2) is 42.5 Å². The maximum absolute atomic E-state index is 11.8. The topological polar surface area (TPSA) is 38.3 Å². The van der Waals surface area contributed by atoms with E-state index in [0.717, 1.165) is 11.1 Å². The molecule has 20 heavy (non-hydrogen) atoms. The third-order valence-corrected chi connectivity index (χ3v) is 3.17. The van der Waals surface area contributed by atoms with Gasteiger partial charge in [-0.25, -0.2) is 0 Å². The van der Waals surface area contributed by atoms with Gasteiger partial charge in [0.15, 0.2) is 6.61 Å². The van der Waals surface area contributed by atoms with Crippen LogP contribution in [0.4, 0.5) is 5.69 Å². The lowest BCUT2D eigenvalue weighted by molar-refractivity contribution is -0.118. The molecular weight excluding hydrogens is 274 g/mol. The van der Waals surface area contributed by atoms with Gasteiger partial charge in [-0.1, -0.05) is 41.4 Å². The first-order chi connectivity index (χ1) is 9.56. The fourth-order valence-electron chi connectivity index (χ4n) is 1.85. The lowest BCUT2D eigenvalue weighted by Crippen LogP contribution is -2.20. The van der Waals surface area contributed by atoms with E-state index in [1.54, 1.807) is 12.1 Å². The average Bonchev–Trinajstić information content (AvgIpc) is 2.40. The van der Waals surface area contributed by atoms with E-state index in [4.69, 9.17) is 16.3 Å². The number of hydrogen-bond acceptors (Lipinski definition) is 2. The Balaban J connectivity index is 1.94. The van der Waals surface area contributed by atoms with Crippen LogP contribution in [0.3, 0.4) is 0 Å². The standard InChI is InChI=1S/C16H16ClNO2/c1-11-7-8-15(12(2)9-11)20-10-16(19)18-14-6-4-3-5-13(14)17/h3-9H,10H2,1-2H3,(H,18,19). The van der Waals surface area contributed by atoms with Crippen LogP contribution < -0.4 is 10.1 Å². The Morgan fingerprint density at radius 1 is 1.20 bits per heavy atom. The van der Waals surface area contributed by atoms with Gasteiger partial charge in [-0.2, -0.15) is 0 Å². The summed E-state index contributed by atoms with van der Waals surface area (Å²) in [5.74, 6) is 0.475. The molecule has 0 saturated heterocycles. The summed E-state index contributed by atoms with van der Waals surface area (Å²) in [6.07, 6.45) is 0. The normalized spacial score (nSPS) is 10.2. The van der Waals surface area contributed by atoms with E-state index in [2.05, 4.69) is 5.32 Å². The summed E-state index contributed by atoms with van der Waals surface area (Å²) in [6.45, 7) is 3.92. The van der Waals surface area contributed by atoms with E-state index < -0.39 is 0 Å². The van der Waals surface area contributed by atoms with E-state index >= 15 is 0 Å². The minimum absolute atomic E-state index is 0.0465. The van der Waals surface area contributed by atoms with Gasteiger partial charge in [0.2, 0.25) is 0 Å². The van der Waals surface area contributed by atoms with Crippen LogP contribution in [-0.2, 0) is 4.79 Å². The number of halogens is 1. The molecule has 0 unspecified atom stereocenters. The number of para-hydroxylation sites is 1. The molecule has 0 spiro atoms. The Morgan fingerprint density at radius 2 is 1.95 bits per heavy atom. The molecule has 0 heterocycles. The van der Waals surface area contributed by atoms with Gasteiger partial charge in [0, 0.05) is 0 Å². The summed E-state index contributed by atoms with van der Waals surface area (Å²) in [5.41, 5.74) is 2.76. The highest BCUT2D eigenvalue weighted by molar-refractivity contribution is 6.33. The molecule has 1 N–H and O–H groups in total. The molecule has 0 aliphatic rings. The average molecular weight is 290 g/mol. The lowest BCUT2D eigenvalue weighted by atomic mass is 10.1. The molecule has 0 atom stereocenters. The number of anilines is 1. The van der Waals surface area contributed by atoms with Crippen LogP contribution in [0.2, 0.25) is 5.02 Å². The highest BCUT2D eigenvalue weighted by atomic mass is 35.5. The van der Waals surface area contributed by atoms with E-state index in [-0.39, 0.29) is 12.5 Å². The van der Waals surface area contributed by atoms with Crippen molar-refractivity contribution in [2.24, 2.45) is 0 Å². The number of rotatable bonds is 4. The number of hydrogen-bond donors (Lipinski definition) is 1. The first-order valence-electron chi connectivity index (χ1n) is 6.30. The van der Waals surface area contributed by atoms with Crippen LogP contribution in [0.25, 0.3) is 0 Å². The molecular formula is C16H16ClNO2. The minimum Gasteiger partial charge on any atom is -0.483 e. The van der Waals surface area contributed by atoms with Crippen LogP contribution in [0.1, 0.15) is 11.1 Å². The smallest absolute Gasteiger partial charge is 0.262 e. The molecule has 0 aliphatic carbocycles.